The first-order valence-corrected chi connectivity index (χ1v) is 12.3. The molecule has 0 aromatic heterocycles. The molecule has 4 rings (SSSR count). The minimum Gasteiger partial charge on any atom is -0.206 e. The van der Waals surface area contributed by atoms with Gasteiger partial charge in [-0.25, -0.2) is 4.39 Å². The van der Waals surface area contributed by atoms with Gasteiger partial charge in [-0.1, -0.05) is 48.3 Å². The van der Waals surface area contributed by atoms with Gasteiger partial charge in [-0.3, -0.25) is 0 Å². The summed E-state index contributed by atoms with van der Waals surface area (Å²) < 4.78 is 14.9. The maximum atomic E-state index is 14.9. The number of hydrogen-bond acceptors (Lipinski definition) is 0. The van der Waals surface area contributed by atoms with E-state index in [4.69, 9.17) is 0 Å². The Morgan fingerprint density at radius 2 is 1.75 bits per heavy atom. The third-order valence-electron chi connectivity index (χ3n) is 7.58. The molecule has 0 heterocycles. The van der Waals surface area contributed by atoms with E-state index < -0.39 is 0 Å². The van der Waals surface area contributed by atoms with Gasteiger partial charge in [-0.2, -0.15) is 0 Å². The summed E-state index contributed by atoms with van der Waals surface area (Å²) >= 11 is 0. The maximum Gasteiger partial charge on any atom is 0.139 e. The SMILES string of the molecule is C=CC1CCC2CC(c3ccc(C#Cc4ccc(CC/C=C/C)cc4)c(F)c3)CCC2C1. The molecule has 166 valence electrons. The second-order valence-corrected chi connectivity index (χ2v) is 9.63. The average molecular weight is 427 g/mol. The number of hydrogen-bond donors (Lipinski definition) is 0. The minimum atomic E-state index is -0.185. The van der Waals surface area contributed by atoms with E-state index in [0.717, 1.165) is 35.8 Å². The standard InChI is InChI=1S/C31H35F/c1-3-5-6-7-24-8-10-25(11-9-24)13-14-26-16-17-30(22-31(26)32)29-19-18-27-20-23(4-2)12-15-28(27)21-29/h3-5,8-11,16-17,22-23,27-29H,2,6-7,12,15,18-21H2,1H3/b5-3+. The Labute approximate surface area is 193 Å². The molecule has 2 saturated carbocycles. The molecule has 2 aliphatic rings. The molecular formula is C31H35F. The topological polar surface area (TPSA) is 0 Å². The molecule has 0 radical (unpaired) electrons. The van der Waals surface area contributed by atoms with Crippen LogP contribution >= 0.6 is 0 Å². The smallest absolute Gasteiger partial charge is 0.139 e. The number of fused-ring (bicyclic) bond motifs is 1. The Morgan fingerprint density at radius 3 is 2.50 bits per heavy atom. The summed E-state index contributed by atoms with van der Waals surface area (Å²) in [6, 6.07) is 14.0. The summed E-state index contributed by atoms with van der Waals surface area (Å²) in [5.41, 5.74) is 3.88. The van der Waals surface area contributed by atoms with Crippen LogP contribution < -0.4 is 0 Å². The van der Waals surface area contributed by atoms with Crippen molar-refractivity contribution in [3.05, 3.63) is 95.3 Å². The highest BCUT2D eigenvalue weighted by atomic mass is 19.1. The molecule has 4 atom stereocenters. The number of halogens is 1. The van der Waals surface area contributed by atoms with Gasteiger partial charge in [0.15, 0.2) is 0 Å². The third-order valence-corrected chi connectivity index (χ3v) is 7.58. The predicted octanol–water partition coefficient (Wildman–Crippen LogP) is 8.22. The normalized spacial score (nSPS) is 25.1. The number of allylic oxidation sites excluding steroid dienone is 3. The van der Waals surface area contributed by atoms with Crippen LogP contribution in [0, 0.1) is 35.4 Å². The van der Waals surface area contributed by atoms with Crippen molar-refractivity contribution in [3.63, 3.8) is 0 Å². The van der Waals surface area contributed by atoms with Crippen LogP contribution in [0.3, 0.4) is 0 Å². The van der Waals surface area contributed by atoms with Gasteiger partial charge in [0.05, 0.1) is 5.56 Å². The summed E-state index contributed by atoms with van der Waals surface area (Å²) in [6.45, 7) is 6.04. The first-order chi connectivity index (χ1) is 15.7. The first kappa shape index (κ1) is 22.6. The minimum absolute atomic E-state index is 0.185. The average Bonchev–Trinajstić information content (AvgIpc) is 2.83. The molecular weight excluding hydrogens is 391 g/mol. The number of aryl methyl sites for hydroxylation is 1. The van der Waals surface area contributed by atoms with E-state index in [0.29, 0.717) is 17.4 Å². The molecule has 2 fully saturated rings. The Morgan fingerprint density at radius 1 is 0.969 bits per heavy atom. The van der Waals surface area contributed by atoms with Crippen molar-refractivity contribution >= 4 is 0 Å². The van der Waals surface area contributed by atoms with E-state index in [-0.39, 0.29) is 5.82 Å². The molecule has 0 amide bonds. The van der Waals surface area contributed by atoms with Crippen LogP contribution in [0.25, 0.3) is 0 Å². The van der Waals surface area contributed by atoms with Gasteiger partial charge in [0.25, 0.3) is 0 Å². The predicted molar refractivity (Wildman–Crippen MR) is 133 cm³/mol. The summed E-state index contributed by atoms with van der Waals surface area (Å²) in [5.74, 6) is 8.82. The van der Waals surface area contributed by atoms with E-state index in [9.17, 15) is 4.39 Å². The van der Waals surface area contributed by atoms with Gasteiger partial charge in [0.1, 0.15) is 5.82 Å². The molecule has 4 unspecified atom stereocenters. The highest BCUT2D eigenvalue weighted by Crippen LogP contribution is 2.47. The zero-order valence-electron chi connectivity index (χ0n) is 19.3. The van der Waals surface area contributed by atoms with Crippen LogP contribution in [0.1, 0.15) is 80.0 Å². The fourth-order valence-corrected chi connectivity index (χ4v) is 5.64. The van der Waals surface area contributed by atoms with Gasteiger partial charge in [0, 0.05) is 5.56 Å². The zero-order valence-corrected chi connectivity index (χ0v) is 19.3. The molecule has 1 heteroatoms. The second-order valence-electron chi connectivity index (χ2n) is 9.63. The van der Waals surface area contributed by atoms with Crippen LogP contribution in [0.5, 0.6) is 0 Å². The van der Waals surface area contributed by atoms with Crippen molar-refractivity contribution in [3.8, 4) is 11.8 Å². The lowest BCUT2D eigenvalue weighted by Gasteiger charge is -2.41. The fourth-order valence-electron chi connectivity index (χ4n) is 5.64. The summed E-state index contributed by atoms with van der Waals surface area (Å²) in [4.78, 5) is 0. The highest BCUT2D eigenvalue weighted by Gasteiger charge is 2.35. The van der Waals surface area contributed by atoms with Gasteiger partial charge < -0.3 is 0 Å². The molecule has 2 aromatic rings. The molecule has 2 aromatic carbocycles. The lowest BCUT2D eigenvalue weighted by Crippen LogP contribution is -2.30. The first-order valence-electron chi connectivity index (χ1n) is 12.3. The molecule has 0 spiro atoms. The van der Waals surface area contributed by atoms with E-state index >= 15 is 0 Å². The Kier molecular flexibility index (Phi) is 7.64. The van der Waals surface area contributed by atoms with Crippen molar-refractivity contribution in [1.82, 2.24) is 0 Å². The lowest BCUT2D eigenvalue weighted by molar-refractivity contribution is 0.133. The van der Waals surface area contributed by atoms with E-state index in [1.54, 1.807) is 6.07 Å². The van der Waals surface area contributed by atoms with Crippen LogP contribution in [0.15, 0.2) is 67.3 Å². The van der Waals surface area contributed by atoms with Crippen molar-refractivity contribution < 1.29 is 4.39 Å². The van der Waals surface area contributed by atoms with Crippen molar-refractivity contribution in [1.29, 1.82) is 0 Å². The molecule has 0 aliphatic heterocycles. The Balaban J connectivity index is 1.39. The van der Waals surface area contributed by atoms with Crippen molar-refractivity contribution in [2.45, 2.75) is 64.2 Å². The fraction of sp³-hybridized carbons (Fsp3) is 0.419. The lowest BCUT2D eigenvalue weighted by atomic mass is 9.64. The molecule has 32 heavy (non-hydrogen) atoms. The van der Waals surface area contributed by atoms with Gasteiger partial charge in [-0.15, -0.1) is 6.58 Å². The van der Waals surface area contributed by atoms with E-state index in [1.165, 1.54) is 44.1 Å². The highest BCUT2D eigenvalue weighted by molar-refractivity contribution is 5.45. The summed E-state index contributed by atoms with van der Waals surface area (Å²) in [6.07, 6.45) is 16.0. The van der Waals surface area contributed by atoms with E-state index in [2.05, 4.69) is 54.8 Å². The largest absolute Gasteiger partial charge is 0.206 e. The number of rotatable bonds is 5. The molecule has 0 nitrogen and oxygen atoms in total. The van der Waals surface area contributed by atoms with Crippen LogP contribution in [0.4, 0.5) is 4.39 Å². The van der Waals surface area contributed by atoms with Crippen LogP contribution in [-0.4, -0.2) is 0 Å². The molecule has 0 saturated heterocycles. The molecule has 0 bridgehead atoms. The summed E-state index contributed by atoms with van der Waals surface area (Å²) in [7, 11) is 0. The van der Waals surface area contributed by atoms with Crippen molar-refractivity contribution in [2.24, 2.45) is 17.8 Å². The summed E-state index contributed by atoms with van der Waals surface area (Å²) in [5, 5.41) is 0. The Bertz CT molecular complexity index is 1000. The van der Waals surface area contributed by atoms with Crippen LogP contribution in [0.2, 0.25) is 0 Å². The molecule has 2 aliphatic carbocycles. The Hall–Kier alpha value is -2.59. The van der Waals surface area contributed by atoms with Gasteiger partial charge >= 0.3 is 0 Å². The van der Waals surface area contributed by atoms with E-state index in [1.807, 2.05) is 25.1 Å². The number of benzene rings is 2. The van der Waals surface area contributed by atoms with Gasteiger partial charge in [0.2, 0.25) is 0 Å². The zero-order chi connectivity index (χ0) is 22.3. The van der Waals surface area contributed by atoms with Crippen molar-refractivity contribution in [2.75, 3.05) is 0 Å². The molecule has 0 N–H and O–H groups in total. The quantitative estimate of drug-likeness (QED) is 0.334. The third kappa shape index (κ3) is 5.60. The maximum absolute atomic E-state index is 14.9. The van der Waals surface area contributed by atoms with Crippen LogP contribution in [-0.2, 0) is 6.42 Å². The monoisotopic (exact) mass is 426 g/mol. The second kappa shape index (κ2) is 10.8. The van der Waals surface area contributed by atoms with Gasteiger partial charge in [-0.05, 0) is 117 Å².